The number of halogens is 1. The fraction of sp³-hybridized carbons (Fsp3) is 0.273. The van der Waals surface area contributed by atoms with E-state index in [1.54, 1.807) is 19.4 Å². The summed E-state index contributed by atoms with van der Waals surface area (Å²) in [6, 6.07) is 16.3. The standard InChI is InChI=1S/C22H23FN4OS/c1-28-14-6-13-27-21(20(25-22(27)29)18-9-2-3-11-24-18)19-10-5-12-26(19)17-8-4-7-16(23)15-17/h2-5,7-12,15,20-21H,6,13-14H2,1H3,(H,25,29)/t20-,21+/m0/s1. The molecular weight excluding hydrogens is 387 g/mol. The summed E-state index contributed by atoms with van der Waals surface area (Å²) in [5, 5.41) is 4.13. The highest BCUT2D eigenvalue weighted by Crippen LogP contribution is 2.39. The fourth-order valence-corrected chi connectivity index (χ4v) is 4.18. The number of thiocarbonyl (C=S) groups is 1. The number of rotatable bonds is 7. The van der Waals surface area contributed by atoms with Crippen LogP contribution in [0.15, 0.2) is 67.0 Å². The third-order valence-electron chi connectivity index (χ3n) is 5.11. The molecule has 1 N–H and O–H groups in total. The van der Waals surface area contributed by atoms with Crippen LogP contribution in [0.2, 0.25) is 0 Å². The first-order valence-electron chi connectivity index (χ1n) is 9.59. The van der Waals surface area contributed by atoms with Gasteiger partial charge in [-0.25, -0.2) is 4.39 Å². The van der Waals surface area contributed by atoms with Crippen molar-refractivity contribution < 1.29 is 9.13 Å². The van der Waals surface area contributed by atoms with Crippen molar-refractivity contribution in [2.75, 3.05) is 20.3 Å². The minimum atomic E-state index is -0.263. The summed E-state index contributed by atoms with van der Waals surface area (Å²) in [4.78, 5) is 6.74. The summed E-state index contributed by atoms with van der Waals surface area (Å²) in [6.45, 7) is 1.41. The molecule has 4 rings (SSSR count). The molecule has 0 unspecified atom stereocenters. The molecule has 1 fully saturated rings. The lowest BCUT2D eigenvalue weighted by molar-refractivity contribution is 0.180. The van der Waals surface area contributed by atoms with Crippen molar-refractivity contribution in [3.63, 3.8) is 0 Å². The van der Waals surface area contributed by atoms with Crippen LogP contribution in [0.1, 0.15) is 29.9 Å². The minimum absolute atomic E-state index is 0.0764. The van der Waals surface area contributed by atoms with Crippen molar-refractivity contribution in [1.82, 2.24) is 19.8 Å². The van der Waals surface area contributed by atoms with Gasteiger partial charge in [0, 0.05) is 44.0 Å². The Bertz CT molecular complexity index is 978. The Hall–Kier alpha value is -2.77. The number of hydrogen-bond acceptors (Lipinski definition) is 3. The van der Waals surface area contributed by atoms with E-state index in [0.717, 1.165) is 30.0 Å². The van der Waals surface area contributed by atoms with Crippen LogP contribution in [0.5, 0.6) is 0 Å². The topological polar surface area (TPSA) is 42.3 Å². The molecule has 0 radical (unpaired) electrons. The minimum Gasteiger partial charge on any atom is -0.385 e. The lowest BCUT2D eigenvalue weighted by Gasteiger charge is -2.29. The molecule has 29 heavy (non-hydrogen) atoms. The van der Waals surface area contributed by atoms with E-state index in [4.69, 9.17) is 17.0 Å². The maximum atomic E-state index is 13.9. The summed E-state index contributed by atoms with van der Waals surface area (Å²) >= 11 is 5.68. The van der Waals surface area contributed by atoms with Gasteiger partial charge in [0.1, 0.15) is 5.82 Å². The average Bonchev–Trinajstić information content (AvgIpc) is 3.33. The number of hydrogen-bond donors (Lipinski definition) is 1. The number of ether oxygens (including phenoxy) is 1. The second-order valence-corrected chi connectivity index (χ2v) is 7.34. The van der Waals surface area contributed by atoms with Crippen LogP contribution in [-0.2, 0) is 4.74 Å². The number of methoxy groups -OCH3 is 1. The highest BCUT2D eigenvalue weighted by Gasteiger charge is 2.40. The fourth-order valence-electron chi connectivity index (χ4n) is 3.84. The predicted octanol–water partition coefficient (Wildman–Crippen LogP) is 4.02. The second-order valence-electron chi connectivity index (χ2n) is 6.95. The Morgan fingerprint density at radius 2 is 2.07 bits per heavy atom. The second kappa shape index (κ2) is 8.71. The van der Waals surface area contributed by atoms with Gasteiger partial charge >= 0.3 is 0 Å². The Morgan fingerprint density at radius 3 is 2.83 bits per heavy atom. The molecule has 1 aliphatic heterocycles. The van der Waals surface area contributed by atoms with Gasteiger partial charge in [0.25, 0.3) is 0 Å². The Labute approximate surface area is 175 Å². The molecule has 0 saturated carbocycles. The van der Waals surface area contributed by atoms with Crippen LogP contribution in [0.3, 0.4) is 0 Å². The number of benzene rings is 1. The summed E-state index contributed by atoms with van der Waals surface area (Å²) in [5.41, 5.74) is 2.72. The largest absolute Gasteiger partial charge is 0.385 e. The van der Waals surface area contributed by atoms with Crippen LogP contribution in [0.4, 0.5) is 4.39 Å². The lowest BCUT2D eigenvalue weighted by Crippen LogP contribution is -2.32. The van der Waals surface area contributed by atoms with Gasteiger partial charge < -0.3 is 19.5 Å². The number of aromatic nitrogens is 2. The zero-order chi connectivity index (χ0) is 20.2. The summed E-state index contributed by atoms with van der Waals surface area (Å²) in [5.74, 6) is -0.263. The van der Waals surface area contributed by atoms with Crippen molar-refractivity contribution in [1.29, 1.82) is 0 Å². The maximum Gasteiger partial charge on any atom is 0.170 e. The molecule has 1 saturated heterocycles. The highest BCUT2D eigenvalue weighted by atomic mass is 32.1. The van der Waals surface area contributed by atoms with E-state index < -0.39 is 0 Å². The third-order valence-corrected chi connectivity index (χ3v) is 5.47. The molecule has 150 valence electrons. The van der Waals surface area contributed by atoms with Gasteiger partial charge in [-0.3, -0.25) is 4.98 Å². The average molecular weight is 411 g/mol. The third kappa shape index (κ3) is 4.02. The normalized spacial score (nSPS) is 18.8. The highest BCUT2D eigenvalue weighted by molar-refractivity contribution is 7.80. The number of pyridine rings is 1. The molecule has 0 aliphatic carbocycles. The maximum absolute atomic E-state index is 13.9. The van der Waals surface area contributed by atoms with Crippen LogP contribution >= 0.6 is 12.2 Å². The van der Waals surface area contributed by atoms with E-state index in [9.17, 15) is 4.39 Å². The molecule has 0 bridgehead atoms. The first kappa shape index (κ1) is 19.5. The van der Waals surface area contributed by atoms with Gasteiger partial charge in [0.15, 0.2) is 5.11 Å². The van der Waals surface area contributed by atoms with E-state index >= 15 is 0 Å². The van der Waals surface area contributed by atoms with Gasteiger partial charge in [-0.1, -0.05) is 12.1 Å². The van der Waals surface area contributed by atoms with E-state index in [-0.39, 0.29) is 17.9 Å². The Kier molecular flexibility index (Phi) is 5.87. The van der Waals surface area contributed by atoms with E-state index in [2.05, 4.69) is 21.3 Å². The molecule has 3 heterocycles. The predicted molar refractivity (Wildman–Crippen MR) is 114 cm³/mol. The first-order chi connectivity index (χ1) is 14.2. The molecule has 3 aromatic rings. The van der Waals surface area contributed by atoms with Crippen LogP contribution in [0.25, 0.3) is 5.69 Å². The zero-order valence-electron chi connectivity index (χ0n) is 16.2. The quantitative estimate of drug-likeness (QED) is 0.471. The molecular formula is C22H23FN4OS. The van der Waals surface area contributed by atoms with Crippen molar-refractivity contribution in [2.45, 2.75) is 18.5 Å². The van der Waals surface area contributed by atoms with Crippen molar-refractivity contribution in [2.24, 2.45) is 0 Å². The zero-order valence-corrected chi connectivity index (χ0v) is 17.0. The van der Waals surface area contributed by atoms with Crippen LogP contribution < -0.4 is 5.32 Å². The number of nitrogens with zero attached hydrogens (tertiary/aromatic N) is 3. The first-order valence-corrected chi connectivity index (χ1v) is 10.00. The van der Waals surface area contributed by atoms with E-state index in [0.29, 0.717) is 11.7 Å². The van der Waals surface area contributed by atoms with Gasteiger partial charge in [-0.15, -0.1) is 0 Å². The van der Waals surface area contributed by atoms with Crippen molar-refractivity contribution >= 4 is 17.3 Å². The van der Waals surface area contributed by atoms with Crippen LogP contribution in [-0.4, -0.2) is 39.8 Å². The molecule has 0 amide bonds. The SMILES string of the molecule is COCCCN1C(=S)N[C@@H](c2ccccn2)[C@H]1c1cccn1-c1cccc(F)c1. The molecule has 2 aromatic heterocycles. The van der Waals surface area contributed by atoms with E-state index in [1.807, 2.05) is 41.1 Å². The van der Waals surface area contributed by atoms with Gasteiger partial charge in [0.2, 0.25) is 0 Å². The van der Waals surface area contributed by atoms with E-state index in [1.165, 1.54) is 12.1 Å². The lowest BCUT2D eigenvalue weighted by atomic mass is 10.0. The molecule has 1 aliphatic rings. The summed E-state index contributed by atoms with van der Waals surface area (Å²) in [7, 11) is 1.70. The number of nitrogens with one attached hydrogen (secondary N) is 1. The molecule has 1 aromatic carbocycles. The Morgan fingerprint density at radius 1 is 1.17 bits per heavy atom. The Balaban J connectivity index is 1.76. The molecule has 2 atom stereocenters. The molecule has 5 nitrogen and oxygen atoms in total. The summed E-state index contributed by atoms with van der Waals surface area (Å²) in [6.07, 6.45) is 4.59. The monoisotopic (exact) mass is 410 g/mol. The molecule has 7 heteroatoms. The van der Waals surface area contributed by atoms with Crippen molar-refractivity contribution in [3.05, 3.63) is 84.2 Å². The smallest absolute Gasteiger partial charge is 0.170 e. The van der Waals surface area contributed by atoms with Gasteiger partial charge in [-0.05, 0) is 61.1 Å². The van der Waals surface area contributed by atoms with Gasteiger partial charge in [0.05, 0.1) is 17.8 Å². The molecule has 0 spiro atoms. The van der Waals surface area contributed by atoms with Gasteiger partial charge in [-0.2, -0.15) is 0 Å². The summed E-state index contributed by atoms with van der Waals surface area (Å²) < 4.78 is 21.1. The van der Waals surface area contributed by atoms with Crippen molar-refractivity contribution in [3.8, 4) is 5.69 Å². The van der Waals surface area contributed by atoms with Crippen LogP contribution in [0, 0.1) is 5.82 Å².